The van der Waals surface area contributed by atoms with Gasteiger partial charge in [-0.1, -0.05) is 37.1 Å². The van der Waals surface area contributed by atoms with Gasteiger partial charge in [0.1, 0.15) is 5.78 Å². The molecule has 0 aliphatic heterocycles. The maximum atomic E-state index is 13.2. The van der Waals surface area contributed by atoms with Crippen LogP contribution in [0.4, 0.5) is 0 Å². The van der Waals surface area contributed by atoms with Crippen LogP contribution in [-0.2, 0) is 4.79 Å². The third kappa shape index (κ3) is 2.92. The molecule has 2 aliphatic carbocycles. The fraction of sp³-hybridized carbons (Fsp3) is 0.737. The van der Waals surface area contributed by atoms with E-state index in [1.54, 1.807) is 0 Å². The third-order valence-electron chi connectivity index (χ3n) is 5.54. The summed E-state index contributed by atoms with van der Waals surface area (Å²) in [7, 11) is 0. The number of hydrogen-bond donors (Lipinski definition) is 0. The van der Waals surface area contributed by atoms with Crippen LogP contribution >= 0.6 is 0 Å². The summed E-state index contributed by atoms with van der Waals surface area (Å²) in [6.07, 6.45) is 11.6. The molecule has 20 heavy (non-hydrogen) atoms. The van der Waals surface area contributed by atoms with E-state index < -0.39 is 0 Å². The molecule has 0 heterocycles. The van der Waals surface area contributed by atoms with E-state index in [4.69, 9.17) is 0 Å². The first-order valence-corrected chi connectivity index (χ1v) is 8.44. The number of ketones is 1. The van der Waals surface area contributed by atoms with Crippen molar-refractivity contribution in [1.29, 1.82) is 0 Å². The van der Waals surface area contributed by atoms with E-state index in [1.165, 1.54) is 36.8 Å². The Labute approximate surface area is 124 Å². The number of rotatable bonds is 2. The van der Waals surface area contributed by atoms with E-state index in [2.05, 4.69) is 39.8 Å². The second kappa shape index (κ2) is 6.74. The molecule has 2 saturated carbocycles. The predicted octanol–water partition coefficient (Wildman–Crippen LogP) is 5.32. The molecule has 0 spiro atoms. The highest BCUT2D eigenvalue weighted by Gasteiger charge is 2.39. The summed E-state index contributed by atoms with van der Waals surface area (Å²) in [6, 6.07) is 0. The van der Waals surface area contributed by atoms with Gasteiger partial charge in [-0.2, -0.15) is 0 Å². The Hall–Kier alpha value is -0.850. The zero-order valence-corrected chi connectivity index (χ0v) is 13.6. The monoisotopic (exact) mass is 274 g/mol. The lowest BCUT2D eigenvalue weighted by Crippen LogP contribution is -2.37. The Balaban J connectivity index is 2.27. The maximum absolute atomic E-state index is 13.2. The molecule has 1 nitrogen and oxygen atoms in total. The molecule has 0 amide bonds. The predicted molar refractivity (Wildman–Crippen MR) is 85.5 cm³/mol. The molecule has 0 aromatic rings. The van der Waals surface area contributed by atoms with Crippen LogP contribution in [0.2, 0.25) is 0 Å². The van der Waals surface area contributed by atoms with E-state index in [9.17, 15) is 4.79 Å². The lowest BCUT2D eigenvalue weighted by molar-refractivity contribution is -0.128. The summed E-state index contributed by atoms with van der Waals surface area (Å²) in [5, 5.41) is 0. The van der Waals surface area contributed by atoms with Crippen molar-refractivity contribution in [1.82, 2.24) is 0 Å². The number of Topliss-reactive ketones (excluding diaryl/α,β-unsaturated/α-hetero) is 1. The Kier molecular flexibility index (Phi) is 5.23. The average Bonchev–Trinajstić information content (AvgIpc) is 2.45. The summed E-state index contributed by atoms with van der Waals surface area (Å²) >= 11 is 0. The van der Waals surface area contributed by atoms with Crippen LogP contribution < -0.4 is 0 Å². The molecule has 0 radical (unpaired) electrons. The van der Waals surface area contributed by atoms with Gasteiger partial charge in [0, 0.05) is 11.8 Å². The van der Waals surface area contributed by atoms with Crippen molar-refractivity contribution in [3.05, 3.63) is 23.3 Å². The minimum Gasteiger partial charge on any atom is -0.298 e. The molecular formula is C19H30O. The highest BCUT2D eigenvalue weighted by atomic mass is 16.1. The molecule has 0 aromatic heterocycles. The van der Waals surface area contributed by atoms with Gasteiger partial charge >= 0.3 is 0 Å². The molecule has 0 bridgehead atoms. The minimum atomic E-state index is 0.189. The smallest absolute Gasteiger partial charge is 0.147 e. The van der Waals surface area contributed by atoms with Crippen molar-refractivity contribution < 1.29 is 4.79 Å². The second-order valence-electron chi connectivity index (χ2n) is 6.82. The topological polar surface area (TPSA) is 17.1 Å². The summed E-state index contributed by atoms with van der Waals surface area (Å²) in [5.41, 5.74) is 2.81. The van der Waals surface area contributed by atoms with Gasteiger partial charge in [-0.3, -0.25) is 4.79 Å². The molecule has 1 heteroatoms. The zero-order valence-electron chi connectivity index (χ0n) is 13.6. The summed E-state index contributed by atoms with van der Waals surface area (Å²) in [5.74, 6) is 1.94. The van der Waals surface area contributed by atoms with Crippen molar-refractivity contribution in [2.75, 3.05) is 0 Å². The Bertz CT molecular complexity index is 377. The van der Waals surface area contributed by atoms with Crippen molar-refractivity contribution >= 4 is 5.78 Å². The summed E-state index contributed by atoms with van der Waals surface area (Å²) < 4.78 is 0. The molecule has 2 fully saturated rings. The first-order valence-electron chi connectivity index (χ1n) is 8.44. The molecule has 2 rings (SSSR count). The number of allylic oxidation sites excluding steroid dienone is 4. The summed E-state index contributed by atoms with van der Waals surface area (Å²) in [6.45, 7) is 8.76. The van der Waals surface area contributed by atoms with E-state index in [0.717, 1.165) is 12.8 Å². The van der Waals surface area contributed by atoms with Gasteiger partial charge in [0.05, 0.1) is 0 Å². The van der Waals surface area contributed by atoms with Crippen molar-refractivity contribution in [2.45, 2.75) is 66.2 Å². The van der Waals surface area contributed by atoms with Crippen LogP contribution in [0.1, 0.15) is 66.2 Å². The van der Waals surface area contributed by atoms with Crippen LogP contribution in [-0.4, -0.2) is 5.78 Å². The minimum absolute atomic E-state index is 0.189. The first-order chi connectivity index (χ1) is 9.60. The number of carbonyl (C=O) groups is 1. The van der Waals surface area contributed by atoms with E-state index in [1.807, 2.05) is 0 Å². The van der Waals surface area contributed by atoms with Crippen LogP contribution in [0, 0.1) is 23.7 Å². The van der Waals surface area contributed by atoms with Crippen molar-refractivity contribution in [2.24, 2.45) is 23.7 Å². The average molecular weight is 274 g/mol. The van der Waals surface area contributed by atoms with Crippen molar-refractivity contribution in [3.63, 3.8) is 0 Å². The van der Waals surface area contributed by atoms with Gasteiger partial charge in [0.2, 0.25) is 0 Å². The van der Waals surface area contributed by atoms with Gasteiger partial charge < -0.3 is 0 Å². The van der Waals surface area contributed by atoms with Crippen molar-refractivity contribution in [3.8, 4) is 0 Å². The van der Waals surface area contributed by atoms with Gasteiger partial charge in [-0.05, 0) is 64.2 Å². The fourth-order valence-corrected chi connectivity index (χ4v) is 4.40. The zero-order chi connectivity index (χ0) is 14.7. The Morgan fingerprint density at radius 3 is 1.65 bits per heavy atom. The van der Waals surface area contributed by atoms with E-state index in [0.29, 0.717) is 17.6 Å². The van der Waals surface area contributed by atoms with E-state index in [-0.39, 0.29) is 11.8 Å². The van der Waals surface area contributed by atoms with Gasteiger partial charge in [0.25, 0.3) is 0 Å². The van der Waals surface area contributed by atoms with E-state index >= 15 is 0 Å². The normalized spacial score (nSPS) is 39.2. The van der Waals surface area contributed by atoms with Gasteiger partial charge in [-0.15, -0.1) is 0 Å². The molecule has 4 atom stereocenters. The third-order valence-corrected chi connectivity index (χ3v) is 5.54. The number of hydrogen-bond acceptors (Lipinski definition) is 1. The second-order valence-corrected chi connectivity index (χ2v) is 6.82. The molecule has 0 saturated heterocycles. The quantitative estimate of drug-likeness (QED) is 0.623. The first kappa shape index (κ1) is 15.5. The van der Waals surface area contributed by atoms with Crippen LogP contribution in [0.25, 0.3) is 0 Å². The largest absolute Gasteiger partial charge is 0.298 e. The SMILES string of the molecule is CC=C1CCCC(C)C1C(=O)C1C(=CC)CCCC1C. The Morgan fingerprint density at radius 2 is 1.30 bits per heavy atom. The Morgan fingerprint density at radius 1 is 0.900 bits per heavy atom. The highest BCUT2D eigenvalue weighted by molar-refractivity contribution is 5.89. The van der Waals surface area contributed by atoms with Crippen LogP contribution in [0.15, 0.2) is 23.3 Å². The molecular weight excluding hydrogens is 244 g/mol. The molecule has 4 unspecified atom stereocenters. The highest BCUT2D eigenvalue weighted by Crippen LogP contribution is 2.42. The standard InChI is InChI=1S/C19H30O/c1-5-15-11-7-9-13(3)17(15)19(20)18-14(4)10-8-12-16(18)6-2/h5-6,13-14,17-18H,7-12H2,1-4H3. The maximum Gasteiger partial charge on any atom is 0.147 e. The number of carbonyl (C=O) groups excluding carboxylic acids is 1. The lowest BCUT2D eigenvalue weighted by atomic mass is 9.65. The molecule has 2 aliphatic rings. The van der Waals surface area contributed by atoms with Crippen LogP contribution in [0.3, 0.4) is 0 Å². The lowest BCUT2D eigenvalue weighted by Gasteiger charge is -2.37. The molecule has 112 valence electrons. The van der Waals surface area contributed by atoms with Gasteiger partial charge in [0.15, 0.2) is 0 Å². The molecule has 0 aromatic carbocycles. The van der Waals surface area contributed by atoms with Crippen LogP contribution in [0.5, 0.6) is 0 Å². The summed E-state index contributed by atoms with van der Waals surface area (Å²) in [4.78, 5) is 13.2. The molecule has 0 N–H and O–H groups in total. The van der Waals surface area contributed by atoms with Gasteiger partial charge in [-0.25, -0.2) is 0 Å². The fourth-order valence-electron chi connectivity index (χ4n) is 4.40.